The van der Waals surface area contributed by atoms with Gasteiger partial charge >= 0.3 is 17.9 Å². The van der Waals surface area contributed by atoms with Crippen LogP contribution < -0.4 is 0 Å². The first-order valence-electron chi connectivity index (χ1n) is 26.7. The van der Waals surface area contributed by atoms with Crippen LogP contribution in [-0.4, -0.2) is 37.2 Å². The fourth-order valence-electron chi connectivity index (χ4n) is 7.06. The van der Waals surface area contributed by atoms with E-state index in [4.69, 9.17) is 14.2 Å². The summed E-state index contributed by atoms with van der Waals surface area (Å²) in [6, 6.07) is 0. The molecular formula is C59H98O6. The molecular weight excluding hydrogens is 805 g/mol. The summed E-state index contributed by atoms with van der Waals surface area (Å²) < 4.78 is 16.7. The van der Waals surface area contributed by atoms with Crippen LogP contribution in [0, 0.1) is 0 Å². The average Bonchev–Trinajstić information content (AvgIpc) is 3.30. The van der Waals surface area contributed by atoms with Crippen LogP contribution in [0.3, 0.4) is 0 Å². The summed E-state index contributed by atoms with van der Waals surface area (Å²) in [5, 5.41) is 0. The van der Waals surface area contributed by atoms with Crippen molar-refractivity contribution in [1.29, 1.82) is 0 Å². The lowest BCUT2D eigenvalue weighted by Gasteiger charge is -2.18. The Morgan fingerprint density at radius 3 is 0.985 bits per heavy atom. The minimum Gasteiger partial charge on any atom is -0.462 e. The van der Waals surface area contributed by atoms with Crippen LogP contribution in [0.4, 0.5) is 0 Å². The zero-order valence-electron chi connectivity index (χ0n) is 42.2. The van der Waals surface area contributed by atoms with Crippen molar-refractivity contribution in [1.82, 2.24) is 0 Å². The molecule has 0 aliphatic heterocycles. The molecule has 0 heterocycles. The third-order valence-electron chi connectivity index (χ3n) is 11.1. The van der Waals surface area contributed by atoms with Gasteiger partial charge in [-0.2, -0.15) is 0 Å². The van der Waals surface area contributed by atoms with E-state index in [0.29, 0.717) is 19.3 Å². The molecule has 6 heteroatoms. The molecule has 1 atom stereocenters. The molecule has 0 N–H and O–H groups in total. The predicted molar refractivity (Wildman–Crippen MR) is 279 cm³/mol. The van der Waals surface area contributed by atoms with Gasteiger partial charge in [0.1, 0.15) is 13.2 Å². The SMILES string of the molecule is CC/C=C\C/C=C\C/C=C\C/C=C\C/C=C\C/C=C\C/C=C\CCCCCCCC(=O)OCC(COC(=O)CCCCCCCCCC)OC(=O)CCCCCCC/C=C\CCCCC. The van der Waals surface area contributed by atoms with Crippen LogP contribution >= 0.6 is 0 Å². The maximum atomic E-state index is 12.7. The van der Waals surface area contributed by atoms with Crippen LogP contribution in [-0.2, 0) is 28.6 Å². The number of allylic oxidation sites excluding steroid dienone is 16. The molecule has 0 aliphatic carbocycles. The summed E-state index contributed by atoms with van der Waals surface area (Å²) in [6.45, 7) is 6.44. The Balaban J connectivity index is 4.26. The average molecular weight is 903 g/mol. The quantitative estimate of drug-likeness (QED) is 0.0262. The van der Waals surface area contributed by atoms with Crippen molar-refractivity contribution in [3.63, 3.8) is 0 Å². The molecule has 1 unspecified atom stereocenters. The van der Waals surface area contributed by atoms with Gasteiger partial charge in [-0.1, -0.05) is 214 Å². The van der Waals surface area contributed by atoms with E-state index in [2.05, 4.69) is 118 Å². The summed E-state index contributed by atoms with van der Waals surface area (Å²) >= 11 is 0. The normalized spacial score (nSPS) is 12.8. The van der Waals surface area contributed by atoms with Crippen molar-refractivity contribution in [2.75, 3.05) is 13.2 Å². The first-order valence-corrected chi connectivity index (χ1v) is 26.7. The van der Waals surface area contributed by atoms with Crippen molar-refractivity contribution in [2.45, 2.75) is 245 Å². The topological polar surface area (TPSA) is 78.9 Å². The number of esters is 3. The van der Waals surface area contributed by atoms with Crippen LogP contribution in [0.25, 0.3) is 0 Å². The third-order valence-corrected chi connectivity index (χ3v) is 11.1. The van der Waals surface area contributed by atoms with E-state index in [1.807, 2.05) is 0 Å². The molecule has 0 fully saturated rings. The Hall–Kier alpha value is -3.67. The highest BCUT2D eigenvalue weighted by molar-refractivity contribution is 5.71. The van der Waals surface area contributed by atoms with Gasteiger partial charge < -0.3 is 14.2 Å². The van der Waals surface area contributed by atoms with E-state index in [9.17, 15) is 14.4 Å². The predicted octanol–water partition coefficient (Wildman–Crippen LogP) is 17.8. The Kier molecular flexibility index (Phi) is 50.0. The van der Waals surface area contributed by atoms with Gasteiger partial charge in [0, 0.05) is 19.3 Å². The zero-order chi connectivity index (χ0) is 47.2. The van der Waals surface area contributed by atoms with E-state index in [0.717, 1.165) is 135 Å². The molecule has 0 bridgehead atoms. The lowest BCUT2D eigenvalue weighted by Crippen LogP contribution is -2.30. The van der Waals surface area contributed by atoms with E-state index in [-0.39, 0.29) is 31.1 Å². The maximum Gasteiger partial charge on any atom is 0.306 e. The third kappa shape index (κ3) is 51.2. The largest absolute Gasteiger partial charge is 0.462 e. The lowest BCUT2D eigenvalue weighted by molar-refractivity contribution is -0.167. The molecule has 0 amide bonds. The first kappa shape index (κ1) is 61.3. The molecule has 0 aliphatic rings. The second-order valence-electron chi connectivity index (χ2n) is 17.4. The van der Waals surface area contributed by atoms with Gasteiger partial charge in [0.15, 0.2) is 6.10 Å². The Morgan fingerprint density at radius 1 is 0.323 bits per heavy atom. The fourth-order valence-corrected chi connectivity index (χ4v) is 7.06. The highest BCUT2D eigenvalue weighted by atomic mass is 16.6. The minimum absolute atomic E-state index is 0.0866. The maximum absolute atomic E-state index is 12.7. The Labute approximate surface area is 400 Å². The van der Waals surface area contributed by atoms with Crippen molar-refractivity contribution in [3.8, 4) is 0 Å². The number of unbranched alkanes of at least 4 members (excludes halogenated alkanes) is 20. The molecule has 0 saturated heterocycles. The number of carbonyl (C=O) groups is 3. The second-order valence-corrected chi connectivity index (χ2v) is 17.4. The minimum atomic E-state index is -0.787. The van der Waals surface area contributed by atoms with Crippen molar-refractivity contribution < 1.29 is 28.6 Å². The van der Waals surface area contributed by atoms with Gasteiger partial charge in [0.05, 0.1) is 0 Å². The smallest absolute Gasteiger partial charge is 0.306 e. The van der Waals surface area contributed by atoms with Crippen molar-refractivity contribution in [3.05, 3.63) is 97.2 Å². The summed E-state index contributed by atoms with van der Waals surface area (Å²) in [5.41, 5.74) is 0. The summed E-state index contributed by atoms with van der Waals surface area (Å²) in [4.78, 5) is 37.8. The monoisotopic (exact) mass is 903 g/mol. The standard InChI is InChI=1S/C59H98O6/c1-4-7-10-13-16-19-21-23-24-25-26-27-28-29-30-31-32-33-34-35-36-37-39-40-43-46-49-52-58(61)64-55-56(54-63-57(60)51-48-45-42-18-15-12-9-6-3)65-59(62)53-50-47-44-41-38-22-20-17-14-11-8-5-2/h7,10,16-17,19-20,23-24,26-27,29-30,32-33,35-36,56H,4-6,8-9,11-15,18,21-22,25,28,31,34,37-55H2,1-3H3/b10-7-,19-16-,20-17-,24-23-,27-26-,30-29-,33-32-,36-35-. The molecule has 0 rings (SSSR count). The number of carbonyl (C=O) groups excluding carboxylic acids is 3. The molecule has 6 nitrogen and oxygen atoms in total. The van der Waals surface area contributed by atoms with Crippen molar-refractivity contribution in [2.24, 2.45) is 0 Å². The van der Waals surface area contributed by atoms with Crippen molar-refractivity contribution >= 4 is 17.9 Å². The number of ether oxygens (including phenoxy) is 3. The number of hydrogen-bond acceptors (Lipinski definition) is 6. The molecule has 0 saturated carbocycles. The Morgan fingerprint density at radius 2 is 0.600 bits per heavy atom. The molecule has 370 valence electrons. The number of rotatable bonds is 47. The van der Waals surface area contributed by atoms with Gasteiger partial charge in [0.2, 0.25) is 0 Å². The van der Waals surface area contributed by atoms with Crippen LogP contribution in [0.5, 0.6) is 0 Å². The van der Waals surface area contributed by atoms with E-state index in [1.54, 1.807) is 0 Å². The molecule has 0 spiro atoms. The highest BCUT2D eigenvalue weighted by Gasteiger charge is 2.19. The Bertz CT molecular complexity index is 1310. The van der Waals surface area contributed by atoms with Gasteiger partial charge in [-0.05, 0) is 103 Å². The molecule has 65 heavy (non-hydrogen) atoms. The van der Waals surface area contributed by atoms with Crippen LogP contribution in [0.15, 0.2) is 97.2 Å². The van der Waals surface area contributed by atoms with Gasteiger partial charge in [-0.15, -0.1) is 0 Å². The molecule has 0 aromatic heterocycles. The van der Waals surface area contributed by atoms with E-state index in [1.165, 1.54) is 64.2 Å². The molecule has 0 aromatic carbocycles. The van der Waals surface area contributed by atoms with Crippen LogP contribution in [0.1, 0.15) is 239 Å². The zero-order valence-corrected chi connectivity index (χ0v) is 42.2. The first-order chi connectivity index (χ1) is 32.0. The number of hydrogen-bond donors (Lipinski definition) is 0. The summed E-state index contributed by atoms with van der Waals surface area (Å²) in [7, 11) is 0. The lowest BCUT2D eigenvalue weighted by atomic mass is 10.1. The van der Waals surface area contributed by atoms with Gasteiger partial charge in [-0.3, -0.25) is 14.4 Å². The van der Waals surface area contributed by atoms with E-state index < -0.39 is 6.10 Å². The van der Waals surface area contributed by atoms with Gasteiger partial charge in [-0.25, -0.2) is 0 Å². The van der Waals surface area contributed by atoms with Gasteiger partial charge in [0.25, 0.3) is 0 Å². The highest BCUT2D eigenvalue weighted by Crippen LogP contribution is 2.13. The molecule has 0 aromatic rings. The van der Waals surface area contributed by atoms with E-state index >= 15 is 0 Å². The summed E-state index contributed by atoms with van der Waals surface area (Å²) in [5.74, 6) is -0.923. The van der Waals surface area contributed by atoms with Crippen LogP contribution in [0.2, 0.25) is 0 Å². The molecule has 0 radical (unpaired) electrons. The second kappa shape index (κ2) is 52.9. The summed E-state index contributed by atoms with van der Waals surface area (Å²) in [6.07, 6.45) is 69.8. The fraction of sp³-hybridized carbons (Fsp3) is 0.678.